The first kappa shape index (κ1) is 16.9. The van der Waals surface area contributed by atoms with Crippen molar-refractivity contribution in [3.8, 4) is 0 Å². The van der Waals surface area contributed by atoms with Crippen LogP contribution in [-0.2, 0) is 26.5 Å². The highest BCUT2D eigenvalue weighted by molar-refractivity contribution is 9.10. The number of sulfonamides is 1. The minimum atomic E-state index is -3.81. The summed E-state index contributed by atoms with van der Waals surface area (Å²) < 4.78 is 50.6. The summed E-state index contributed by atoms with van der Waals surface area (Å²) >= 11 is 3.16. The van der Waals surface area contributed by atoms with Crippen molar-refractivity contribution in [2.75, 3.05) is 11.5 Å². The number of hydrogen-bond acceptors (Lipinski definition) is 5. The summed E-state index contributed by atoms with van der Waals surface area (Å²) in [5, 5.41) is 9.02. The molecule has 2 N–H and O–H groups in total. The highest BCUT2D eigenvalue weighted by atomic mass is 79.9. The Hall–Kier alpha value is -0.480. The number of hydrogen-bond donors (Lipinski definition) is 2. The van der Waals surface area contributed by atoms with Gasteiger partial charge < -0.3 is 5.11 Å². The number of aliphatic hydroxyl groups is 1. The van der Waals surface area contributed by atoms with E-state index in [-0.39, 0.29) is 23.0 Å². The minimum Gasteiger partial charge on any atom is -0.392 e. The predicted molar refractivity (Wildman–Crippen MR) is 82.1 cm³/mol. The van der Waals surface area contributed by atoms with Gasteiger partial charge in [-0.25, -0.2) is 21.6 Å². The molecule has 1 aromatic rings. The van der Waals surface area contributed by atoms with E-state index in [1.807, 2.05) is 0 Å². The molecule has 0 saturated carbocycles. The number of benzene rings is 1. The smallest absolute Gasteiger partial charge is 0.241 e. The van der Waals surface area contributed by atoms with E-state index >= 15 is 0 Å². The molecule has 118 valence electrons. The molecule has 2 rings (SSSR count). The van der Waals surface area contributed by atoms with E-state index in [4.69, 9.17) is 5.11 Å². The van der Waals surface area contributed by atoms with Crippen LogP contribution in [0.1, 0.15) is 18.4 Å². The Morgan fingerprint density at radius 3 is 2.67 bits per heavy atom. The van der Waals surface area contributed by atoms with E-state index in [1.165, 1.54) is 18.2 Å². The summed E-state index contributed by atoms with van der Waals surface area (Å²) in [4.78, 5) is 0.0303. The number of sulfone groups is 1. The molecule has 0 radical (unpaired) electrons. The zero-order chi connectivity index (χ0) is 15.7. The van der Waals surface area contributed by atoms with Crippen molar-refractivity contribution in [1.29, 1.82) is 0 Å². The van der Waals surface area contributed by atoms with Crippen LogP contribution in [-0.4, -0.2) is 39.5 Å². The SMILES string of the molecule is O=S1(=O)CCCC(NS(=O)(=O)c2ccc(CO)cc2Br)C1. The number of rotatable bonds is 4. The first-order valence-corrected chi connectivity index (χ1v) is 10.5. The molecule has 9 heteroatoms. The van der Waals surface area contributed by atoms with Crippen molar-refractivity contribution in [2.45, 2.75) is 30.4 Å². The lowest BCUT2D eigenvalue weighted by Crippen LogP contribution is -2.43. The Labute approximate surface area is 132 Å². The topological polar surface area (TPSA) is 101 Å². The molecule has 1 fully saturated rings. The number of halogens is 1. The molecule has 0 aliphatic carbocycles. The maximum Gasteiger partial charge on any atom is 0.241 e. The maximum atomic E-state index is 12.3. The molecule has 0 aromatic heterocycles. The van der Waals surface area contributed by atoms with Crippen molar-refractivity contribution < 1.29 is 21.9 Å². The Kier molecular flexibility index (Phi) is 5.09. The summed E-state index contributed by atoms with van der Waals surface area (Å²) in [6, 6.07) is 3.82. The van der Waals surface area contributed by atoms with Crippen molar-refractivity contribution in [1.82, 2.24) is 4.72 Å². The second-order valence-corrected chi connectivity index (χ2v) is 9.76. The highest BCUT2D eigenvalue weighted by Gasteiger charge is 2.29. The summed E-state index contributed by atoms with van der Waals surface area (Å²) in [5.41, 5.74) is 0.584. The number of nitrogens with one attached hydrogen (secondary N) is 1. The quantitative estimate of drug-likeness (QED) is 0.782. The molecule has 1 aliphatic rings. The first-order valence-electron chi connectivity index (χ1n) is 6.35. The second kappa shape index (κ2) is 6.33. The van der Waals surface area contributed by atoms with Gasteiger partial charge >= 0.3 is 0 Å². The van der Waals surface area contributed by atoms with Gasteiger partial charge in [0.25, 0.3) is 0 Å². The van der Waals surface area contributed by atoms with Crippen LogP contribution in [0.3, 0.4) is 0 Å². The summed E-state index contributed by atoms with van der Waals surface area (Å²) in [6.45, 7) is -0.187. The molecule has 1 unspecified atom stereocenters. The van der Waals surface area contributed by atoms with E-state index in [0.29, 0.717) is 22.9 Å². The fourth-order valence-corrected chi connectivity index (χ4v) is 6.40. The van der Waals surface area contributed by atoms with Crippen molar-refractivity contribution in [3.05, 3.63) is 28.2 Å². The molecular weight excluding hydrogens is 382 g/mol. The van der Waals surface area contributed by atoms with Crippen LogP contribution in [0, 0.1) is 0 Å². The molecule has 0 amide bonds. The fourth-order valence-electron chi connectivity index (χ4n) is 2.26. The predicted octanol–water partition coefficient (Wildman–Crippen LogP) is 0.797. The molecule has 1 aliphatic heterocycles. The minimum absolute atomic E-state index is 0.0303. The lowest BCUT2D eigenvalue weighted by molar-refractivity contribution is 0.281. The zero-order valence-corrected chi connectivity index (χ0v) is 14.3. The third kappa shape index (κ3) is 4.26. The highest BCUT2D eigenvalue weighted by Crippen LogP contribution is 2.24. The van der Waals surface area contributed by atoms with Gasteiger partial charge in [-0.3, -0.25) is 0 Å². The Bertz CT molecular complexity index is 730. The van der Waals surface area contributed by atoms with Crippen LogP contribution >= 0.6 is 15.9 Å². The molecule has 21 heavy (non-hydrogen) atoms. The molecule has 1 heterocycles. The first-order chi connectivity index (χ1) is 9.73. The van der Waals surface area contributed by atoms with Gasteiger partial charge in [-0.15, -0.1) is 0 Å². The lowest BCUT2D eigenvalue weighted by Gasteiger charge is -2.23. The zero-order valence-electron chi connectivity index (χ0n) is 11.1. The van der Waals surface area contributed by atoms with Crippen LogP contribution in [0.2, 0.25) is 0 Å². The Morgan fingerprint density at radius 2 is 2.10 bits per heavy atom. The summed E-state index contributed by atoms with van der Waals surface area (Å²) in [6.07, 6.45) is 0.963. The van der Waals surface area contributed by atoms with E-state index in [1.54, 1.807) is 0 Å². The summed E-state index contributed by atoms with van der Waals surface area (Å²) in [5.74, 6) is -0.0569. The van der Waals surface area contributed by atoms with Gasteiger partial charge in [-0.2, -0.15) is 0 Å². The largest absolute Gasteiger partial charge is 0.392 e. The summed E-state index contributed by atoms with van der Waals surface area (Å²) in [7, 11) is -6.99. The second-order valence-electron chi connectivity index (χ2n) is 5.00. The van der Waals surface area contributed by atoms with E-state index in [2.05, 4.69) is 20.7 Å². The van der Waals surface area contributed by atoms with Gasteiger partial charge in [-0.05, 0) is 46.5 Å². The van der Waals surface area contributed by atoms with Crippen LogP contribution in [0.5, 0.6) is 0 Å². The normalized spacial score (nSPS) is 22.1. The van der Waals surface area contributed by atoms with E-state index in [0.717, 1.165) is 0 Å². The van der Waals surface area contributed by atoms with Crippen LogP contribution in [0.15, 0.2) is 27.6 Å². The standard InChI is InChI=1S/C12H16BrNO5S2/c13-11-6-9(7-15)3-4-12(11)21(18,19)14-10-2-1-5-20(16,17)8-10/h3-4,6,10,14-15H,1-2,5,7-8H2. The van der Waals surface area contributed by atoms with Crippen molar-refractivity contribution >= 4 is 35.8 Å². The van der Waals surface area contributed by atoms with Gasteiger partial charge in [0.15, 0.2) is 9.84 Å². The fraction of sp³-hybridized carbons (Fsp3) is 0.500. The van der Waals surface area contributed by atoms with Gasteiger partial charge in [0.05, 0.1) is 23.0 Å². The lowest BCUT2D eigenvalue weighted by atomic mass is 10.2. The van der Waals surface area contributed by atoms with Crippen molar-refractivity contribution in [3.63, 3.8) is 0 Å². The van der Waals surface area contributed by atoms with Crippen LogP contribution in [0.25, 0.3) is 0 Å². The average molecular weight is 398 g/mol. The van der Waals surface area contributed by atoms with Gasteiger partial charge in [-0.1, -0.05) is 6.07 Å². The van der Waals surface area contributed by atoms with E-state index < -0.39 is 25.9 Å². The molecule has 1 aromatic carbocycles. The third-order valence-electron chi connectivity index (χ3n) is 3.25. The number of aliphatic hydroxyl groups excluding tert-OH is 1. The van der Waals surface area contributed by atoms with Crippen LogP contribution in [0.4, 0.5) is 0 Å². The van der Waals surface area contributed by atoms with Gasteiger partial charge in [0.1, 0.15) is 0 Å². The molecule has 0 spiro atoms. The van der Waals surface area contributed by atoms with Crippen LogP contribution < -0.4 is 4.72 Å². The van der Waals surface area contributed by atoms with Gasteiger partial charge in [0.2, 0.25) is 10.0 Å². The Balaban J connectivity index is 2.22. The average Bonchev–Trinajstić information content (AvgIpc) is 2.36. The van der Waals surface area contributed by atoms with Crippen molar-refractivity contribution in [2.24, 2.45) is 0 Å². The third-order valence-corrected chi connectivity index (χ3v) is 7.57. The maximum absolute atomic E-state index is 12.3. The molecule has 6 nitrogen and oxygen atoms in total. The van der Waals surface area contributed by atoms with E-state index in [9.17, 15) is 16.8 Å². The van der Waals surface area contributed by atoms with Gasteiger partial charge in [0, 0.05) is 10.5 Å². The monoisotopic (exact) mass is 397 g/mol. The molecule has 1 atom stereocenters. The Morgan fingerprint density at radius 1 is 1.38 bits per heavy atom. The molecule has 1 saturated heterocycles. The molecule has 0 bridgehead atoms. The molecular formula is C12H16BrNO5S2.